The van der Waals surface area contributed by atoms with Crippen molar-refractivity contribution in [3.8, 4) is 6.07 Å². The molecule has 0 bridgehead atoms. The first kappa shape index (κ1) is 16.7. The fourth-order valence-electron chi connectivity index (χ4n) is 2.01. The third-order valence-corrected chi connectivity index (χ3v) is 3.16. The van der Waals surface area contributed by atoms with E-state index in [1.54, 1.807) is 31.2 Å². The molecule has 1 rings (SSSR count). The number of nitrogens with zero attached hydrogens (tertiary/aromatic N) is 1. The Morgan fingerprint density at radius 3 is 2.48 bits per heavy atom. The number of primary amides is 1. The Kier molecular flexibility index (Phi) is 6.37. The second-order valence-electron chi connectivity index (χ2n) is 4.75. The molecule has 6 heteroatoms. The van der Waals surface area contributed by atoms with E-state index in [0.717, 1.165) is 0 Å². The lowest BCUT2D eigenvalue weighted by Crippen LogP contribution is -2.49. The molecule has 0 unspecified atom stereocenters. The van der Waals surface area contributed by atoms with Gasteiger partial charge in [-0.15, -0.1) is 0 Å². The van der Waals surface area contributed by atoms with Crippen LogP contribution in [0.3, 0.4) is 0 Å². The average molecular weight is 289 g/mol. The van der Waals surface area contributed by atoms with Gasteiger partial charge in [-0.1, -0.05) is 37.3 Å². The van der Waals surface area contributed by atoms with E-state index in [2.05, 4.69) is 5.32 Å². The Morgan fingerprint density at radius 2 is 2.00 bits per heavy atom. The fourth-order valence-corrected chi connectivity index (χ4v) is 2.01. The molecule has 3 N–H and O–H groups in total. The smallest absolute Gasteiger partial charge is 0.254 e. The molecule has 0 saturated heterocycles. The van der Waals surface area contributed by atoms with Gasteiger partial charge in [0.2, 0.25) is 5.91 Å². The summed E-state index contributed by atoms with van der Waals surface area (Å²) >= 11 is 0. The summed E-state index contributed by atoms with van der Waals surface area (Å²) in [6.45, 7) is 1.68. The predicted octanol–water partition coefficient (Wildman–Crippen LogP) is 0.894. The largest absolute Gasteiger partial charge is 0.368 e. The number of nitriles is 1. The van der Waals surface area contributed by atoms with Gasteiger partial charge in [0, 0.05) is 13.5 Å². The molecule has 6 nitrogen and oxygen atoms in total. The van der Waals surface area contributed by atoms with E-state index in [9.17, 15) is 9.59 Å². The van der Waals surface area contributed by atoms with E-state index in [0.29, 0.717) is 5.56 Å². The quantitative estimate of drug-likeness (QED) is 0.777. The molecule has 0 heterocycles. The molecule has 0 fully saturated rings. The van der Waals surface area contributed by atoms with Gasteiger partial charge in [0.05, 0.1) is 6.07 Å². The molecule has 21 heavy (non-hydrogen) atoms. The van der Waals surface area contributed by atoms with Crippen molar-refractivity contribution >= 4 is 11.8 Å². The molecule has 0 radical (unpaired) electrons. The first-order chi connectivity index (χ1) is 10.0. The van der Waals surface area contributed by atoms with Crippen molar-refractivity contribution in [2.75, 3.05) is 7.11 Å². The molecule has 0 saturated carbocycles. The number of nitrogens with two attached hydrogens (primary N) is 1. The van der Waals surface area contributed by atoms with Crippen molar-refractivity contribution in [1.29, 1.82) is 5.26 Å². The van der Waals surface area contributed by atoms with Crippen molar-refractivity contribution in [1.82, 2.24) is 5.32 Å². The lowest BCUT2D eigenvalue weighted by atomic mass is 9.97. The molecule has 112 valence electrons. The number of nitrogens with one attached hydrogen (secondary N) is 1. The fraction of sp³-hybridized carbons (Fsp3) is 0.400. The Hall–Kier alpha value is -2.39. The minimum atomic E-state index is -0.904. The van der Waals surface area contributed by atoms with Crippen LogP contribution in [0.2, 0.25) is 0 Å². The van der Waals surface area contributed by atoms with Crippen molar-refractivity contribution in [2.45, 2.75) is 25.5 Å². The number of amides is 2. The number of rotatable bonds is 7. The van der Waals surface area contributed by atoms with Crippen LogP contribution in [0.15, 0.2) is 30.3 Å². The number of carbonyl (C=O) groups excluding carboxylic acids is 2. The van der Waals surface area contributed by atoms with Crippen LogP contribution in [0.1, 0.15) is 25.0 Å². The van der Waals surface area contributed by atoms with Gasteiger partial charge < -0.3 is 15.8 Å². The Bertz CT molecular complexity index is 525. The SMILES string of the molecule is CO[C@@H](C(=O)N[C@H](C(N)=O)[C@H](C)CC#N)c1ccccc1. The zero-order valence-corrected chi connectivity index (χ0v) is 12.1. The van der Waals surface area contributed by atoms with Crippen LogP contribution in [0, 0.1) is 17.2 Å². The van der Waals surface area contributed by atoms with Crippen LogP contribution in [-0.4, -0.2) is 25.0 Å². The molecule has 0 aromatic heterocycles. The van der Waals surface area contributed by atoms with Gasteiger partial charge in [-0.05, 0) is 11.5 Å². The average Bonchev–Trinajstić information content (AvgIpc) is 2.46. The summed E-state index contributed by atoms with van der Waals surface area (Å²) in [7, 11) is 1.41. The summed E-state index contributed by atoms with van der Waals surface area (Å²) in [4.78, 5) is 23.7. The van der Waals surface area contributed by atoms with Gasteiger partial charge in [-0.3, -0.25) is 9.59 Å². The highest BCUT2D eigenvalue weighted by molar-refractivity contribution is 5.89. The first-order valence-corrected chi connectivity index (χ1v) is 6.55. The van der Waals surface area contributed by atoms with Crippen molar-refractivity contribution in [3.05, 3.63) is 35.9 Å². The van der Waals surface area contributed by atoms with Gasteiger partial charge in [0.1, 0.15) is 6.04 Å². The maximum Gasteiger partial charge on any atom is 0.254 e. The minimum Gasteiger partial charge on any atom is -0.368 e. The van der Waals surface area contributed by atoms with Crippen molar-refractivity contribution in [2.24, 2.45) is 11.7 Å². The van der Waals surface area contributed by atoms with E-state index in [1.165, 1.54) is 7.11 Å². The third-order valence-electron chi connectivity index (χ3n) is 3.16. The summed E-state index contributed by atoms with van der Waals surface area (Å²) in [5, 5.41) is 11.3. The van der Waals surface area contributed by atoms with E-state index < -0.39 is 24.0 Å². The van der Waals surface area contributed by atoms with Gasteiger partial charge in [-0.25, -0.2) is 0 Å². The van der Waals surface area contributed by atoms with E-state index >= 15 is 0 Å². The Morgan fingerprint density at radius 1 is 1.38 bits per heavy atom. The number of benzene rings is 1. The molecule has 0 aliphatic carbocycles. The molecule has 0 spiro atoms. The molecule has 0 aliphatic heterocycles. The van der Waals surface area contributed by atoms with Gasteiger partial charge in [0.15, 0.2) is 6.10 Å². The lowest BCUT2D eigenvalue weighted by Gasteiger charge is -2.23. The highest BCUT2D eigenvalue weighted by atomic mass is 16.5. The monoisotopic (exact) mass is 289 g/mol. The molecular formula is C15H19N3O3. The van der Waals surface area contributed by atoms with Crippen molar-refractivity contribution < 1.29 is 14.3 Å². The summed E-state index contributed by atoms with van der Waals surface area (Å²) in [6.07, 6.45) is -0.709. The second kappa shape index (κ2) is 8.02. The number of methoxy groups -OCH3 is 1. The topological polar surface area (TPSA) is 105 Å². The number of hydrogen-bond acceptors (Lipinski definition) is 4. The standard InChI is InChI=1S/C15H19N3O3/c1-10(8-9-16)12(14(17)19)18-15(20)13(21-2)11-6-4-3-5-7-11/h3-7,10,12-13H,8H2,1-2H3,(H2,17,19)(H,18,20)/t10-,12+,13-/m1/s1. The Labute approximate surface area is 123 Å². The normalized spacial score (nSPS) is 14.5. The summed E-state index contributed by atoms with van der Waals surface area (Å²) in [5.74, 6) is -1.50. The number of ether oxygens (including phenoxy) is 1. The van der Waals surface area contributed by atoms with Crippen LogP contribution >= 0.6 is 0 Å². The predicted molar refractivity (Wildman–Crippen MR) is 76.7 cm³/mol. The van der Waals surface area contributed by atoms with Gasteiger partial charge in [-0.2, -0.15) is 5.26 Å². The van der Waals surface area contributed by atoms with E-state index in [-0.39, 0.29) is 12.3 Å². The zero-order chi connectivity index (χ0) is 15.8. The zero-order valence-electron chi connectivity index (χ0n) is 12.1. The summed E-state index contributed by atoms with van der Waals surface area (Å²) < 4.78 is 5.19. The molecular weight excluding hydrogens is 270 g/mol. The van der Waals surface area contributed by atoms with Crippen LogP contribution < -0.4 is 11.1 Å². The van der Waals surface area contributed by atoms with Crippen LogP contribution in [0.4, 0.5) is 0 Å². The highest BCUT2D eigenvalue weighted by Gasteiger charge is 2.28. The number of hydrogen-bond donors (Lipinski definition) is 2. The lowest BCUT2D eigenvalue weighted by molar-refractivity contribution is -0.135. The maximum atomic E-state index is 12.3. The molecule has 3 atom stereocenters. The summed E-state index contributed by atoms with van der Waals surface area (Å²) in [5.41, 5.74) is 5.97. The Balaban J connectivity index is 2.85. The molecule has 0 aliphatic rings. The minimum absolute atomic E-state index is 0.122. The molecule has 1 aromatic carbocycles. The van der Waals surface area contributed by atoms with Gasteiger partial charge >= 0.3 is 0 Å². The van der Waals surface area contributed by atoms with Crippen LogP contribution in [0.5, 0.6) is 0 Å². The molecule has 2 amide bonds. The van der Waals surface area contributed by atoms with Crippen LogP contribution in [0.25, 0.3) is 0 Å². The summed E-state index contributed by atoms with van der Waals surface area (Å²) in [6, 6.07) is 9.98. The van der Waals surface area contributed by atoms with E-state index in [1.807, 2.05) is 12.1 Å². The maximum absolute atomic E-state index is 12.3. The number of carbonyl (C=O) groups is 2. The third kappa shape index (κ3) is 4.58. The second-order valence-corrected chi connectivity index (χ2v) is 4.75. The molecule has 1 aromatic rings. The van der Waals surface area contributed by atoms with Gasteiger partial charge in [0.25, 0.3) is 5.91 Å². The van der Waals surface area contributed by atoms with Crippen LogP contribution in [-0.2, 0) is 14.3 Å². The van der Waals surface area contributed by atoms with Crippen molar-refractivity contribution in [3.63, 3.8) is 0 Å². The highest BCUT2D eigenvalue weighted by Crippen LogP contribution is 2.17. The van der Waals surface area contributed by atoms with E-state index in [4.69, 9.17) is 15.7 Å². The first-order valence-electron chi connectivity index (χ1n) is 6.55.